The second-order valence-corrected chi connectivity index (χ2v) is 15.5. The highest BCUT2D eigenvalue weighted by Gasteiger charge is 2.44. The summed E-state index contributed by atoms with van der Waals surface area (Å²) in [6.45, 7) is 3.52. The Balaban J connectivity index is 2.08. The number of nitrogens with one attached hydrogen (secondary N) is 1. The molecule has 7 unspecified atom stereocenters. The van der Waals surface area contributed by atoms with E-state index in [4.69, 9.17) is 9.47 Å². The van der Waals surface area contributed by atoms with Crippen molar-refractivity contribution in [3.8, 4) is 0 Å². The van der Waals surface area contributed by atoms with E-state index in [1.54, 1.807) is 0 Å². The number of aliphatic hydroxyl groups is 5. The molecule has 1 aliphatic rings. The minimum atomic E-state index is -1.56. The van der Waals surface area contributed by atoms with Crippen LogP contribution >= 0.6 is 0 Å². The maximum atomic E-state index is 12.8. The van der Waals surface area contributed by atoms with E-state index in [2.05, 4.69) is 116 Å². The molecular formula is C50H83NO8. The lowest BCUT2D eigenvalue weighted by Gasteiger charge is -2.40. The van der Waals surface area contributed by atoms with E-state index >= 15 is 0 Å². The van der Waals surface area contributed by atoms with Crippen LogP contribution in [0.3, 0.4) is 0 Å². The minimum Gasteiger partial charge on any atom is -0.394 e. The largest absolute Gasteiger partial charge is 0.394 e. The molecule has 0 aliphatic carbocycles. The van der Waals surface area contributed by atoms with E-state index in [-0.39, 0.29) is 12.5 Å². The van der Waals surface area contributed by atoms with Gasteiger partial charge in [-0.2, -0.15) is 0 Å². The number of aliphatic hydroxyl groups excluding tert-OH is 5. The fourth-order valence-electron chi connectivity index (χ4n) is 6.53. The van der Waals surface area contributed by atoms with Gasteiger partial charge < -0.3 is 40.3 Å². The molecule has 1 aliphatic heterocycles. The van der Waals surface area contributed by atoms with Crippen LogP contribution in [0.25, 0.3) is 0 Å². The van der Waals surface area contributed by atoms with Crippen LogP contribution in [0.2, 0.25) is 0 Å². The van der Waals surface area contributed by atoms with Gasteiger partial charge in [-0.25, -0.2) is 0 Å². The summed E-state index contributed by atoms with van der Waals surface area (Å²) >= 11 is 0. The van der Waals surface area contributed by atoms with E-state index in [1.807, 2.05) is 0 Å². The Morgan fingerprint density at radius 3 is 1.53 bits per heavy atom. The fraction of sp³-hybridized carbons (Fsp3) is 0.660. The third kappa shape index (κ3) is 29.9. The summed E-state index contributed by atoms with van der Waals surface area (Å²) < 4.78 is 11.1. The maximum absolute atomic E-state index is 12.8. The molecule has 59 heavy (non-hydrogen) atoms. The molecule has 0 radical (unpaired) electrons. The van der Waals surface area contributed by atoms with Gasteiger partial charge in [0.05, 0.1) is 25.4 Å². The SMILES string of the molecule is CC/C=C\C/C=C\C/C=C\C/C=C\C/C=C\C/C=C\C/C=C\C/C=C\CCCCCCCCCCC(=O)NC(COC1OC(CO)C(O)C(O)C1O)C(O)CCCCC. The summed E-state index contributed by atoms with van der Waals surface area (Å²) in [7, 11) is 0. The molecule has 1 saturated heterocycles. The lowest BCUT2D eigenvalue weighted by Crippen LogP contribution is -2.60. The van der Waals surface area contributed by atoms with Crippen molar-refractivity contribution in [1.82, 2.24) is 5.32 Å². The van der Waals surface area contributed by atoms with Crippen LogP contribution < -0.4 is 5.32 Å². The van der Waals surface area contributed by atoms with Crippen molar-refractivity contribution in [3.63, 3.8) is 0 Å². The summed E-state index contributed by atoms with van der Waals surface area (Å²) in [5, 5.41) is 53.5. The first kappa shape index (κ1) is 54.1. The fourth-order valence-corrected chi connectivity index (χ4v) is 6.53. The third-order valence-corrected chi connectivity index (χ3v) is 10.2. The molecule has 0 spiro atoms. The van der Waals surface area contributed by atoms with Gasteiger partial charge in [-0.05, 0) is 77.0 Å². The number of rotatable bonds is 36. The number of hydrogen-bond donors (Lipinski definition) is 6. The molecule has 1 fully saturated rings. The molecular weight excluding hydrogens is 743 g/mol. The topological polar surface area (TPSA) is 149 Å². The Hall–Kier alpha value is -2.89. The van der Waals surface area contributed by atoms with E-state index in [9.17, 15) is 30.3 Å². The summed E-state index contributed by atoms with van der Waals surface area (Å²) in [4.78, 5) is 12.8. The summed E-state index contributed by atoms with van der Waals surface area (Å²) in [5.74, 6) is -0.171. The molecule has 0 aromatic heterocycles. The van der Waals surface area contributed by atoms with E-state index in [0.717, 1.165) is 103 Å². The van der Waals surface area contributed by atoms with Crippen LogP contribution in [0.1, 0.15) is 155 Å². The number of hydrogen-bond acceptors (Lipinski definition) is 8. The monoisotopic (exact) mass is 826 g/mol. The Labute approximate surface area is 358 Å². The van der Waals surface area contributed by atoms with Crippen molar-refractivity contribution in [1.29, 1.82) is 0 Å². The van der Waals surface area contributed by atoms with Gasteiger partial charge in [-0.15, -0.1) is 0 Å². The molecule has 0 bridgehead atoms. The first-order chi connectivity index (χ1) is 28.8. The number of allylic oxidation sites excluding steroid dienone is 16. The molecule has 0 aromatic rings. The molecule has 6 N–H and O–H groups in total. The second-order valence-electron chi connectivity index (χ2n) is 15.5. The third-order valence-electron chi connectivity index (χ3n) is 10.2. The van der Waals surface area contributed by atoms with E-state index in [0.29, 0.717) is 12.8 Å². The predicted octanol–water partition coefficient (Wildman–Crippen LogP) is 9.72. The smallest absolute Gasteiger partial charge is 0.220 e. The second kappa shape index (κ2) is 39.3. The normalized spacial score (nSPS) is 21.6. The average Bonchev–Trinajstić information content (AvgIpc) is 3.23. The van der Waals surface area contributed by atoms with Gasteiger partial charge in [0.1, 0.15) is 24.4 Å². The zero-order valence-corrected chi connectivity index (χ0v) is 36.7. The van der Waals surface area contributed by atoms with Gasteiger partial charge in [-0.1, -0.05) is 169 Å². The molecule has 0 aromatic carbocycles. The molecule has 0 saturated carbocycles. The van der Waals surface area contributed by atoms with Crippen LogP contribution in [-0.4, -0.2) is 87.5 Å². The predicted molar refractivity (Wildman–Crippen MR) is 244 cm³/mol. The Morgan fingerprint density at radius 2 is 1.05 bits per heavy atom. The summed E-state index contributed by atoms with van der Waals surface area (Å²) in [5.41, 5.74) is 0. The van der Waals surface area contributed by atoms with Crippen molar-refractivity contribution in [2.75, 3.05) is 13.2 Å². The van der Waals surface area contributed by atoms with Gasteiger partial charge in [0.15, 0.2) is 6.29 Å². The van der Waals surface area contributed by atoms with Crippen molar-refractivity contribution in [2.45, 2.75) is 198 Å². The maximum Gasteiger partial charge on any atom is 0.220 e. The van der Waals surface area contributed by atoms with Crippen molar-refractivity contribution < 1.29 is 39.8 Å². The zero-order chi connectivity index (χ0) is 43.0. The Kier molecular flexibility index (Phi) is 36.0. The van der Waals surface area contributed by atoms with Gasteiger partial charge in [-0.3, -0.25) is 4.79 Å². The molecule has 9 heteroatoms. The van der Waals surface area contributed by atoms with Crippen molar-refractivity contribution >= 4 is 5.91 Å². The van der Waals surface area contributed by atoms with Crippen LogP contribution in [0.5, 0.6) is 0 Å². The standard InChI is InChI=1S/C50H83NO8/c1-3-5-7-8-9-10-11-12-13-14-15-16-17-18-19-20-21-22-23-24-25-26-27-28-29-30-31-32-33-34-35-36-38-40-46(54)51-43(44(53)39-37-6-4-2)42-58-50-49(57)48(56)47(55)45(41-52)59-50/h5,7,9-10,12-13,15-16,18-19,21-22,24-25,27-28,43-45,47-50,52-53,55-57H,3-4,6,8,11,14,17,20,23,26,29-42H2,1-2H3,(H,51,54)/b7-5-,10-9-,13-12-,16-15-,19-18-,22-21-,25-24-,28-27-. The van der Waals surface area contributed by atoms with Crippen LogP contribution in [-0.2, 0) is 14.3 Å². The summed E-state index contributed by atoms with van der Waals surface area (Å²) in [6, 6.07) is -0.725. The first-order valence-corrected chi connectivity index (χ1v) is 22.9. The zero-order valence-electron chi connectivity index (χ0n) is 36.7. The molecule has 1 amide bonds. The molecule has 1 rings (SSSR count). The molecule has 9 nitrogen and oxygen atoms in total. The van der Waals surface area contributed by atoms with Crippen molar-refractivity contribution in [2.24, 2.45) is 0 Å². The first-order valence-electron chi connectivity index (χ1n) is 22.9. The molecule has 1 heterocycles. The highest BCUT2D eigenvalue weighted by Crippen LogP contribution is 2.23. The Bertz CT molecular complexity index is 1240. The molecule has 7 atom stereocenters. The summed E-state index contributed by atoms with van der Waals surface area (Å²) in [6.07, 6.45) is 49.5. The minimum absolute atomic E-state index is 0.152. The van der Waals surface area contributed by atoms with Gasteiger partial charge in [0.25, 0.3) is 0 Å². The lowest BCUT2D eigenvalue weighted by atomic mass is 9.99. The number of ether oxygens (including phenoxy) is 2. The van der Waals surface area contributed by atoms with Gasteiger partial charge >= 0.3 is 0 Å². The Morgan fingerprint density at radius 1 is 0.593 bits per heavy atom. The average molecular weight is 826 g/mol. The van der Waals surface area contributed by atoms with Crippen LogP contribution in [0, 0.1) is 0 Å². The number of unbranched alkanes of at least 4 members (excludes halogenated alkanes) is 10. The van der Waals surface area contributed by atoms with Crippen LogP contribution in [0.4, 0.5) is 0 Å². The van der Waals surface area contributed by atoms with E-state index in [1.165, 1.54) is 25.7 Å². The molecule has 336 valence electrons. The van der Waals surface area contributed by atoms with Gasteiger partial charge in [0.2, 0.25) is 5.91 Å². The van der Waals surface area contributed by atoms with E-state index < -0.39 is 49.5 Å². The number of amides is 1. The van der Waals surface area contributed by atoms with Crippen LogP contribution in [0.15, 0.2) is 97.2 Å². The highest BCUT2D eigenvalue weighted by molar-refractivity contribution is 5.76. The highest BCUT2D eigenvalue weighted by atomic mass is 16.7. The lowest BCUT2D eigenvalue weighted by molar-refractivity contribution is -0.302. The van der Waals surface area contributed by atoms with Gasteiger partial charge in [0, 0.05) is 6.42 Å². The number of carbonyl (C=O) groups is 1. The number of carbonyl (C=O) groups excluding carboxylic acids is 1. The van der Waals surface area contributed by atoms with Crippen molar-refractivity contribution in [3.05, 3.63) is 97.2 Å². The quantitative estimate of drug-likeness (QED) is 0.0270.